The minimum atomic E-state index is -0.633. The zero-order valence-corrected chi connectivity index (χ0v) is 12.5. The SMILES string of the molecule is CCN(CCC(N)(CO)c1ccccc1)CC(C)C. The van der Waals surface area contributed by atoms with E-state index < -0.39 is 5.54 Å². The molecule has 0 aromatic heterocycles. The van der Waals surface area contributed by atoms with Crippen LogP contribution in [0.2, 0.25) is 0 Å². The molecule has 0 aliphatic rings. The third kappa shape index (κ3) is 4.94. The van der Waals surface area contributed by atoms with Crippen molar-refractivity contribution < 1.29 is 5.11 Å². The fourth-order valence-corrected chi connectivity index (χ4v) is 2.34. The van der Waals surface area contributed by atoms with E-state index in [4.69, 9.17) is 5.73 Å². The molecule has 0 fully saturated rings. The van der Waals surface area contributed by atoms with Gasteiger partial charge in [-0.05, 0) is 24.4 Å². The first-order chi connectivity index (χ1) is 9.01. The van der Waals surface area contributed by atoms with Gasteiger partial charge in [0.25, 0.3) is 0 Å². The summed E-state index contributed by atoms with van der Waals surface area (Å²) >= 11 is 0. The van der Waals surface area contributed by atoms with Crippen molar-refractivity contribution in [2.75, 3.05) is 26.2 Å². The molecule has 0 radical (unpaired) electrons. The predicted molar refractivity (Wildman–Crippen MR) is 81.0 cm³/mol. The fourth-order valence-electron chi connectivity index (χ4n) is 2.34. The lowest BCUT2D eigenvalue weighted by atomic mass is 9.88. The number of aliphatic hydroxyl groups excluding tert-OH is 1. The van der Waals surface area contributed by atoms with Crippen LogP contribution in [0.1, 0.15) is 32.8 Å². The zero-order valence-electron chi connectivity index (χ0n) is 12.5. The molecule has 1 unspecified atom stereocenters. The van der Waals surface area contributed by atoms with Crippen molar-refractivity contribution in [1.29, 1.82) is 0 Å². The van der Waals surface area contributed by atoms with Crippen LogP contribution < -0.4 is 5.73 Å². The lowest BCUT2D eigenvalue weighted by Gasteiger charge is -2.31. The highest BCUT2D eigenvalue weighted by molar-refractivity contribution is 5.24. The average molecular weight is 264 g/mol. The van der Waals surface area contributed by atoms with Crippen molar-refractivity contribution in [2.45, 2.75) is 32.7 Å². The van der Waals surface area contributed by atoms with E-state index in [-0.39, 0.29) is 6.61 Å². The maximum absolute atomic E-state index is 9.66. The molecule has 1 atom stereocenters. The molecular formula is C16H28N2O. The van der Waals surface area contributed by atoms with Gasteiger partial charge in [0, 0.05) is 13.1 Å². The van der Waals surface area contributed by atoms with Gasteiger partial charge in [-0.15, -0.1) is 0 Å². The predicted octanol–water partition coefficient (Wildman–Crippen LogP) is 2.20. The highest BCUT2D eigenvalue weighted by Gasteiger charge is 2.26. The molecule has 3 N–H and O–H groups in total. The highest BCUT2D eigenvalue weighted by atomic mass is 16.3. The summed E-state index contributed by atoms with van der Waals surface area (Å²) in [6, 6.07) is 9.90. The van der Waals surface area contributed by atoms with Crippen LogP contribution in [0.3, 0.4) is 0 Å². The van der Waals surface area contributed by atoms with Crippen LogP contribution in [0, 0.1) is 5.92 Å². The Bertz CT molecular complexity index is 353. The molecule has 0 saturated carbocycles. The molecule has 0 aliphatic carbocycles. The molecule has 0 spiro atoms. The molecule has 1 aromatic carbocycles. The van der Waals surface area contributed by atoms with E-state index in [0.717, 1.165) is 31.6 Å². The van der Waals surface area contributed by atoms with Crippen LogP contribution in [-0.2, 0) is 5.54 Å². The monoisotopic (exact) mass is 264 g/mol. The van der Waals surface area contributed by atoms with Gasteiger partial charge in [-0.3, -0.25) is 0 Å². The molecule has 3 heteroatoms. The molecule has 0 heterocycles. The van der Waals surface area contributed by atoms with E-state index >= 15 is 0 Å². The lowest BCUT2D eigenvalue weighted by molar-refractivity contribution is 0.160. The largest absolute Gasteiger partial charge is 0.394 e. The highest BCUT2D eigenvalue weighted by Crippen LogP contribution is 2.22. The molecule has 19 heavy (non-hydrogen) atoms. The Morgan fingerprint density at radius 2 is 1.89 bits per heavy atom. The maximum atomic E-state index is 9.66. The van der Waals surface area contributed by atoms with Crippen LogP contribution >= 0.6 is 0 Å². The molecule has 0 bridgehead atoms. The van der Waals surface area contributed by atoms with Gasteiger partial charge < -0.3 is 15.7 Å². The summed E-state index contributed by atoms with van der Waals surface area (Å²) in [6.45, 7) is 9.61. The number of nitrogens with zero attached hydrogens (tertiary/aromatic N) is 1. The van der Waals surface area contributed by atoms with Gasteiger partial charge >= 0.3 is 0 Å². The normalized spacial score (nSPS) is 14.9. The van der Waals surface area contributed by atoms with Gasteiger partial charge in [0.2, 0.25) is 0 Å². The van der Waals surface area contributed by atoms with Crippen molar-refractivity contribution in [2.24, 2.45) is 11.7 Å². The first-order valence-electron chi connectivity index (χ1n) is 7.19. The first kappa shape index (κ1) is 16.2. The Hall–Kier alpha value is -0.900. The molecule has 0 saturated heterocycles. The second-order valence-electron chi connectivity index (χ2n) is 5.72. The van der Waals surface area contributed by atoms with Crippen LogP contribution in [-0.4, -0.2) is 36.2 Å². The van der Waals surface area contributed by atoms with E-state index in [2.05, 4.69) is 25.7 Å². The Labute approximate surface area is 117 Å². The molecular weight excluding hydrogens is 236 g/mol. The number of hydrogen-bond acceptors (Lipinski definition) is 3. The maximum Gasteiger partial charge on any atom is 0.0656 e. The van der Waals surface area contributed by atoms with Crippen LogP contribution in [0.4, 0.5) is 0 Å². The molecule has 0 aliphatic heterocycles. The van der Waals surface area contributed by atoms with Crippen molar-refractivity contribution in [3.63, 3.8) is 0 Å². The Kier molecular flexibility index (Phi) is 6.49. The van der Waals surface area contributed by atoms with E-state index in [0.29, 0.717) is 5.92 Å². The van der Waals surface area contributed by atoms with Crippen LogP contribution in [0.5, 0.6) is 0 Å². The van der Waals surface area contributed by atoms with E-state index in [1.807, 2.05) is 30.3 Å². The number of hydrogen-bond donors (Lipinski definition) is 2. The second-order valence-corrected chi connectivity index (χ2v) is 5.72. The van der Waals surface area contributed by atoms with Crippen molar-refractivity contribution in [3.8, 4) is 0 Å². The van der Waals surface area contributed by atoms with Gasteiger partial charge in [-0.1, -0.05) is 51.1 Å². The van der Waals surface area contributed by atoms with Crippen molar-refractivity contribution in [1.82, 2.24) is 4.90 Å². The summed E-state index contributed by atoms with van der Waals surface area (Å²) in [6.07, 6.45) is 0.772. The Morgan fingerprint density at radius 3 is 2.37 bits per heavy atom. The smallest absolute Gasteiger partial charge is 0.0656 e. The van der Waals surface area contributed by atoms with Gasteiger partial charge in [-0.25, -0.2) is 0 Å². The molecule has 1 aromatic rings. The molecule has 3 nitrogen and oxygen atoms in total. The van der Waals surface area contributed by atoms with Gasteiger partial charge in [0.1, 0.15) is 0 Å². The summed E-state index contributed by atoms with van der Waals surface area (Å²) in [5.74, 6) is 0.651. The molecule has 1 rings (SSSR count). The summed E-state index contributed by atoms with van der Waals surface area (Å²) in [7, 11) is 0. The summed E-state index contributed by atoms with van der Waals surface area (Å²) in [5, 5.41) is 9.66. The summed E-state index contributed by atoms with van der Waals surface area (Å²) in [4.78, 5) is 2.39. The number of rotatable bonds is 8. The first-order valence-corrected chi connectivity index (χ1v) is 7.19. The molecule has 0 amide bonds. The van der Waals surface area contributed by atoms with Gasteiger partial charge in [-0.2, -0.15) is 0 Å². The quantitative estimate of drug-likeness (QED) is 0.757. The zero-order chi connectivity index (χ0) is 14.3. The summed E-state index contributed by atoms with van der Waals surface area (Å²) in [5.41, 5.74) is 6.75. The third-order valence-corrected chi connectivity index (χ3v) is 3.58. The van der Waals surface area contributed by atoms with E-state index in [1.54, 1.807) is 0 Å². The van der Waals surface area contributed by atoms with Crippen molar-refractivity contribution >= 4 is 0 Å². The van der Waals surface area contributed by atoms with Crippen LogP contribution in [0.15, 0.2) is 30.3 Å². The Balaban J connectivity index is 2.66. The Morgan fingerprint density at radius 1 is 1.26 bits per heavy atom. The number of nitrogens with two attached hydrogens (primary N) is 1. The summed E-state index contributed by atoms with van der Waals surface area (Å²) < 4.78 is 0. The molecule has 108 valence electrons. The standard InChI is InChI=1S/C16H28N2O/c1-4-18(12-14(2)3)11-10-16(17,13-19)15-8-6-5-7-9-15/h5-9,14,19H,4,10-13,17H2,1-3H3. The average Bonchev–Trinajstić information content (AvgIpc) is 2.43. The minimum Gasteiger partial charge on any atom is -0.394 e. The fraction of sp³-hybridized carbons (Fsp3) is 0.625. The minimum absolute atomic E-state index is 0.0176. The lowest BCUT2D eigenvalue weighted by Crippen LogP contribution is -2.44. The van der Waals surface area contributed by atoms with Gasteiger partial charge in [0.15, 0.2) is 0 Å². The third-order valence-electron chi connectivity index (χ3n) is 3.58. The number of aliphatic hydroxyl groups is 1. The van der Waals surface area contributed by atoms with E-state index in [9.17, 15) is 5.11 Å². The van der Waals surface area contributed by atoms with Crippen molar-refractivity contribution in [3.05, 3.63) is 35.9 Å². The van der Waals surface area contributed by atoms with Crippen LogP contribution in [0.25, 0.3) is 0 Å². The number of benzene rings is 1. The topological polar surface area (TPSA) is 49.5 Å². The van der Waals surface area contributed by atoms with Gasteiger partial charge in [0.05, 0.1) is 12.1 Å². The second kappa shape index (κ2) is 7.63. The van der Waals surface area contributed by atoms with E-state index in [1.165, 1.54) is 0 Å².